The number of hydrogen-bond donors (Lipinski definition) is 1. The SMILES string of the molecule is O=C(NCCCCCCl)C1CC1. The molecular weight excluding hydrogens is 174 g/mol. The van der Waals surface area contributed by atoms with E-state index in [4.69, 9.17) is 11.6 Å². The first-order valence-corrected chi connectivity index (χ1v) is 5.21. The Balaban J connectivity index is 1.84. The molecule has 1 amide bonds. The van der Waals surface area contributed by atoms with E-state index in [0.29, 0.717) is 5.92 Å². The van der Waals surface area contributed by atoms with Crippen LogP contribution in [-0.4, -0.2) is 18.3 Å². The second-order valence-electron chi connectivity index (χ2n) is 3.31. The molecule has 3 heteroatoms. The van der Waals surface area contributed by atoms with Crippen molar-refractivity contribution in [3.05, 3.63) is 0 Å². The molecule has 0 aliphatic heterocycles. The molecule has 1 N–H and O–H groups in total. The average Bonchev–Trinajstić information content (AvgIpc) is 2.86. The van der Waals surface area contributed by atoms with Crippen LogP contribution in [0.15, 0.2) is 0 Å². The first-order valence-electron chi connectivity index (χ1n) is 4.68. The Hall–Kier alpha value is -0.240. The fourth-order valence-electron chi connectivity index (χ4n) is 1.10. The smallest absolute Gasteiger partial charge is 0.223 e. The molecular formula is C9H16ClNO. The van der Waals surface area contributed by atoms with Gasteiger partial charge in [0.25, 0.3) is 0 Å². The minimum absolute atomic E-state index is 0.251. The monoisotopic (exact) mass is 189 g/mol. The third kappa shape index (κ3) is 3.96. The van der Waals surface area contributed by atoms with E-state index in [9.17, 15) is 4.79 Å². The van der Waals surface area contributed by atoms with Crippen LogP contribution in [0.25, 0.3) is 0 Å². The number of rotatable bonds is 6. The zero-order valence-electron chi connectivity index (χ0n) is 7.31. The lowest BCUT2D eigenvalue weighted by molar-refractivity contribution is -0.122. The van der Waals surface area contributed by atoms with Crippen molar-refractivity contribution < 1.29 is 4.79 Å². The zero-order valence-corrected chi connectivity index (χ0v) is 8.07. The number of alkyl halides is 1. The zero-order chi connectivity index (χ0) is 8.81. The number of amides is 1. The second-order valence-corrected chi connectivity index (χ2v) is 3.69. The summed E-state index contributed by atoms with van der Waals surface area (Å²) < 4.78 is 0. The molecule has 0 unspecified atom stereocenters. The number of nitrogens with one attached hydrogen (secondary N) is 1. The van der Waals surface area contributed by atoms with Crippen LogP contribution in [0.2, 0.25) is 0 Å². The number of hydrogen-bond acceptors (Lipinski definition) is 1. The van der Waals surface area contributed by atoms with Crippen molar-refractivity contribution in [1.82, 2.24) is 5.32 Å². The van der Waals surface area contributed by atoms with Crippen LogP contribution in [0.5, 0.6) is 0 Å². The lowest BCUT2D eigenvalue weighted by Gasteiger charge is -2.02. The minimum atomic E-state index is 0.251. The molecule has 1 aliphatic rings. The molecule has 2 nitrogen and oxygen atoms in total. The van der Waals surface area contributed by atoms with Crippen LogP contribution in [0.3, 0.4) is 0 Å². The predicted octanol–water partition coefficient (Wildman–Crippen LogP) is 1.92. The fraction of sp³-hybridized carbons (Fsp3) is 0.889. The molecule has 1 aliphatic carbocycles. The Morgan fingerprint density at radius 1 is 1.33 bits per heavy atom. The molecule has 1 saturated carbocycles. The van der Waals surface area contributed by atoms with E-state index in [1.54, 1.807) is 0 Å². The molecule has 0 saturated heterocycles. The van der Waals surface area contributed by atoms with Crippen molar-refractivity contribution >= 4 is 17.5 Å². The van der Waals surface area contributed by atoms with E-state index in [-0.39, 0.29) is 5.91 Å². The molecule has 0 aromatic heterocycles. The highest BCUT2D eigenvalue weighted by Crippen LogP contribution is 2.28. The first kappa shape index (κ1) is 9.85. The average molecular weight is 190 g/mol. The van der Waals surface area contributed by atoms with Crippen molar-refractivity contribution in [3.8, 4) is 0 Å². The topological polar surface area (TPSA) is 29.1 Å². The Morgan fingerprint density at radius 3 is 2.67 bits per heavy atom. The minimum Gasteiger partial charge on any atom is -0.356 e. The molecule has 0 atom stereocenters. The maximum atomic E-state index is 11.1. The van der Waals surface area contributed by atoms with E-state index >= 15 is 0 Å². The molecule has 70 valence electrons. The molecule has 0 heterocycles. The van der Waals surface area contributed by atoms with Crippen LogP contribution < -0.4 is 5.32 Å². The Kier molecular flexibility index (Phi) is 4.44. The lowest BCUT2D eigenvalue weighted by Crippen LogP contribution is -2.25. The van der Waals surface area contributed by atoms with Gasteiger partial charge in [0.2, 0.25) is 5.91 Å². The number of halogens is 1. The quantitative estimate of drug-likeness (QED) is 0.502. The highest BCUT2D eigenvalue weighted by atomic mass is 35.5. The highest BCUT2D eigenvalue weighted by molar-refractivity contribution is 6.17. The molecule has 0 aromatic carbocycles. The van der Waals surface area contributed by atoms with Gasteiger partial charge >= 0.3 is 0 Å². The summed E-state index contributed by atoms with van der Waals surface area (Å²) in [6.45, 7) is 0.826. The molecule has 1 rings (SSSR count). The second kappa shape index (κ2) is 5.41. The number of carbonyl (C=O) groups is 1. The summed E-state index contributed by atoms with van der Waals surface area (Å²) in [6, 6.07) is 0. The van der Waals surface area contributed by atoms with E-state index < -0.39 is 0 Å². The molecule has 0 radical (unpaired) electrons. The van der Waals surface area contributed by atoms with Crippen LogP contribution in [0.4, 0.5) is 0 Å². The van der Waals surface area contributed by atoms with Crippen LogP contribution in [-0.2, 0) is 4.79 Å². The number of carbonyl (C=O) groups excluding carboxylic acids is 1. The largest absolute Gasteiger partial charge is 0.356 e. The van der Waals surface area contributed by atoms with Gasteiger partial charge in [0, 0.05) is 18.3 Å². The van der Waals surface area contributed by atoms with Gasteiger partial charge in [-0.05, 0) is 25.7 Å². The summed E-state index contributed by atoms with van der Waals surface area (Å²) in [5, 5.41) is 2.92. The van der Waals surface area contributed by atoms with Crippen molar-refractivity contribution in [2.45, 2.75) is 32.1 Å². The normalized spacial score (nSPS) is 16.1. The van der Waals surface area contributed by atoms with Gasteiger partial charge in [-0.25, -0.2) is 0 Å². The van der Waals surface area contributed by atoms with Crippen LogP contribution in [0, 0.1) is 5.92 Å². The maximum Gasteiger partial charge on any atom is 0.223 e. The van der Waals surface area contributed by atoms with Crippen molar-refractivity contribution in [1.29, 1.82) is 0 Å². The van der Waals surface area contributed by atoms with Gasteiger partial charge in [0.05, 0.1) is 0 Å². The molecule has 0 spiro atoms. The highest BCUT2D eigenvalue weighted by Gasteiger charge is 2.28. The molecule has 0 bridgehead atoms. The van der Waals surface area contributed by atoms with Gasteiger partial charge in [-0.3, -0.25) is 4.79 Å². The standard InChI is InChI=1S/C9H16ClNO/c10-6-2-1-3-7-11-9(12)8-4-5-8/h8H,1-7H2,(H,11,12). The Morgan fingerprint density at radius 2 is 2.08 bits per heavy atom. The van der Waals surface area contributed by atoms with Crippen LogP contribution >= 0.6 is 11.6 Å². The maximum absolute atomic E-state index is 11.1. The third-order valence-corrected chi connectivity index (χ3v) is 2.33. The summed E-state index contributed by atoms with van der Waals surface area (Å²) in [5.74, 6) is 1.33. The summed E-state index contributed by atoms with van der Waals surface area (Å²) in [5.41, 5.74) is 0. The molecule has 0 aromatic rings. The molecule has 1 fully saturated rings. The third-order valence-electron chi connectivity index (χ3n) is 2.06. The number of unbranched alkanes of at least 4 members (excludes halogenated alkanes) is 2. The van der Waals surface area contributed by atoms with E-state index in [1.807, 2.05) is 0 Å². The summed E-state index contributed by atoms with van der Waals surface area (Å²) in [4.78, 5) is 11.1. The summed E-state index contributed by atoms with van der Waals surface area (Å²) in [6.07, 6.45) is 5.42. The summed E-state index contributed by atoms with van der Waals surface area (Å²) >= 11 is 5.52. The Labute approximate surface area is 78.7 Å². The first-order chi connectivity index (χ1) is 5.84. The van der Waals surface area contributed by atoms with Crippen molar-refractivity contribution in [2.24, 2.45) is 5.92 Å². The van der Waals surface area contributed by atoms with Gasteiger partial charge in [0.15, 0.2) is 0 Å². The van der Waals surface area contributed by atoms with Gasteiger partial charge in [0.1, 0.15) is 0 Å². The van der Waals surface area contributed by atoms with Crippen molar-refractivity contribution in [3.63, 3.8) is 0 Å². The van der Waals surface area contributed by atoms with Crippen molar-refractivity contribution in [2.75, 3.05) is 12.4 Å². The van der Waals surface area contributed by atoms with Gasteiger partial charge in [-0.15, -0.1) is 11.6 Å². The van der Waals surface area contributed by atoms with E-state index in [2.05, 4.69) is 5.32 Å². The van der Waals surface area contributed by atoms with E-state index in [1.165, 1.54) is 0 Å². The lowest BCUT2D eigenvalue weighted by atomic mass is 10.2. The Bertz CT molecular complexity index is 145. The van der Waals surface area contributed by atoms with E-state index in [0.717, 1.165) is 44.5 Å². The molecule has 12 heavy (non-hydrogen) atoms. The summed E-state index contributed by atoms with van der Waals surface area (Å²) in [7, 11) is 0. The van der Waals surface area contributed by atoms with Crippen LogP contribution in [0.1, 0.15) is 32.1 Å². The fourth-order valence-corrected chi connectivity index (χ4v) is 1.29. The van der Waals surface area contributed by atoms with Gasteiger partial charge < -0.3 is 5.32 Å². The predicted molar refractivity (Wildman–Crippen MR) is 50.3 cm³/mol. The van der Waals surface area contributed by atoms with Gasteiger partial charge in [-0.2, -0.15) is 0 Å². The van der Waals surface area contributed by atoms with Gasteiger partial charge in [-0.1, -0.05) is 6.42 Å².